The third-order valence-electron chi connectivity index (χ3n) is 2.93. The molecule has 6 heteroatoms. The third kappa shape index (κ3) is 3.35. The molecule has 1 heterocycles. The molecule has 1 aromatic carbocycles. The van der Waals surface area contributed by atoms with E-state index in [1.807, 2.05) is 31.6 Å². The molecule has 0 saturated carbocycles. The number of hydrogen-bond donors (Lipinski definition) is 0. The smallest absolute Gasteiger partial charge is 0.255 e. The second-order valence-corrected chi connectivity index (χ2v) is 5.82. The molecule has 4 nitrogen and oxygen atoms in total. The minimum atomic E-state index is -0.0882. The van der Waals surface area contributed by atoms with Crippen LogP contribution in [0.2, 0.25) is 5.02 Å². The number of aryl methyl sites for hydroxylation is 1. The molecule has 0 fully saturated rings. The number of rotatable bonds is 4. The van der Waals surface area contributed by atoms with Gasteiger partial charge in [-0.3, -0.25) is 9.48 Å². The normalized spacial score (nSPS) is 10.6. The van der Waals surface area contributed by atoms with Crippen molar-refractivity contribution in [1.82, 2.24) is 14.7 Å². The molecule has 0 bridgehead atoms. The first-order chi connectivity index (χ1) is 9.51. The predicted molar refractivity (Wildman–Crippen MR) is 82.2 cm³/mol. The first-order valence-corrected chi connectivity index (χ1v) is 7.68. The van der Waals surface area contributed by atoms with E-state index in [9.17, 15) is 4.79 Å². The van der Waals surface area contributed by atoms with E-state index < -0.39 is 0 Å². The van der Waals surface area contributed by atoms with E-state index in [0.717, 1.165) is 10.5 Å². The highest BCUT2D eigenvalue weighted by molar-refractivity contribution is 7.98. The zero-order chi connectivity index (χ0) is 14.7. The van der Waals surface area contributed by atoms with Crippen LogP contribution in [0.4, 0.5) is 0 Å². The summed E-state index contributed by atoms with van der Waals surface area (Å²) < 4.78 is 1.72. The summed E-state index contributed by atoms with van der Waals surface area (Å²) in [6.45, 7) is 0.506. The van der Waals surface area contributed by atoms with Crippen molar-refractivity contribution in [3.63, 3.8) is 0 Å². The van der Waals surface area contributed by atoms with Crippen molar-refractivity contribution in [2.24, 2.45) is 7.05 Å². The lowest BCUT2D eigenvalue weighted by atomic mass is 10.2. The number of hydrogen-bond acceptors (Lipinski definition) is 3. The number of benzene rings is 1. The quantitative estimate of drug-likeness (QED) is 0.815. The van der Waals surface area contributed by atoms with Crippen LogP contribution in [0.15, 0.2) is 35.5 Å². The van der Waals surface area contributed by atoms with Crippen LogP contribution in [0, 0.1) is 0 Å². The van der Waals surface area contributed by atoms with Gasteiger partial charge in [0.05, 0.1) is 16.8 Å². The molecule has 1 amide bonds. The molecule has 2 aromatic rings. The maximum atomic E-state index is 12.4. The first-order valence-electron chi connectivity index (χ1n) is 6.08. The van der Waals surface area contributed by atoms with E-state index in [0.29, 0.717) is 17.1 Å². The van der Waals surface area contributed by atoms with Gasteiger partial charge >= 0.3 is 0 Å². The lowest BCUT2D eigenvalue weighted by molar-refractivity contribution is 0.0785. The van der Waals surface area contributed by atoms with Crippen molar-refractivity contribution in [3.8, 4) is 0 Å². The molecule has 106 valence electrons. The summed E-state index contributed by atoms with van der Waals surface area (Å²) >= 11 is 7.71. The fourth-order valence-corrected chi connectivity index (χ4v) is 2.54. The number of nitrogens with zero attached hydrogens (tertiary/aromatic N) is 3. The van der Waals surface area contributed by atoms with Crippen LogP contribution in [0.3, 0.4) is 0 Å². The predicted octanol–water partition coefficient (Wildman–Crippen LogP) is 3.07. The average Bonchev–Trinajstić information content (AvgIpc) is 2.84. The molecule has 0 aliphatic heterocycles. The molecule has 1 aromatic heterocycles. The zero-order valence-electron chi connectivity index (χ0n) is 11.6. The van der Waals surface area contributed by atoms with Crippen molar-refractivity contribution in [2.45, 2.75) is 11.4 Å². The van der Waals surface area contributed by atoms with Crippen LogP contribution >= 0.6 is 23.4 Å². The van der Waals surface area contributed by atoms with Crippen LogP contribution in [0.1, 0.15) is 15.9 Å². The number of thioether (sulfide) groups is 1. The summed E-state index contributed by atoms with van der Waals surface area (Å²) in [4.78, 5) is 15.1. The number of aromatic nitrogens is 2. The number of carbonyl (C=O) groups excluding carboxylic acids is 1. The second-order valence-electron chi connectivity index (χ2n) is 4.53. The van der Waals surface area contributed by atoms with Gasteiger partial charge in [0, 0.05) is 37.3 Å². The Kier molecular flexibility index (Phi) is 4.73. The molecule has 0 saturated heterocycles. The van der Waals surface area contributed by atoms with E-state index in [4.69, 9.17) is 11.6 Å². The Balaban J connectivity index is 2.17. The minimum Gasteiger partial charge on any atom is -0.337 e. The van der Waals surface area contributed by atoms with Gasteiger partial charge in [0.2, 0.25) is 0 Å². The van der Waals surface area contributed by atoms with E-state index in [1.165, 1.54) is 0 Å². The summed E-state index contributed by atoms with van der Waals surface area (Å²) in [7, 11) is 3.61. The standard InChI is InChI=1S/C14H16ClN3OS/c1-17(8-10-7-16-18(2)9-10)14(19)12-6-11(20-3)4-5-13(12)15/h4-7,9H,8H2,1-3H3. The van der Waals surface area contributed by atoms with E-state index in [-0.39, 0.29) is 5.91 Å². The Morgan fingerprint density at radius 1 is 1.50 bits per heavy atom. The molecule has 2 rings (SSSR count). The highest BCUT2D eigenvalue weighted by atomic mass is 35.5. The van der Waals surface area contributed by atoms with E-state index in [2.05, 4.69) is 5.10 Å². The fourth-order valence-electron chi connectivity index (χ4n) is 1.90. The van der Waals surface area contributed by atoms with Gasteiger partial charge in [0.1, 0.15) is 0 Å². The number of halogens is 1. The van der Waals surface area contributed by atoms with Gasteiger partial charge in [-0.15, -0.1) is 11.8 Å². The largest absolute Gasteiger partial charge is 0.337 e. The van der Waals surface area contributed by atoms with Crippen LogP contribution in [-0.2, 0) is 13.6 Å². The van der Waals surface area contributed by atoms with Crippen molar-refractivity contribution >= 4 is 29.3 Å². The van der Waals surface area contributed by atoms with Gasteiger partial charge in [-0.1, -0.05) is 11.6 Å². The SMILES string of the molecule is CSc1ccc(Cl)c(C(=O)N(C)Cc2cnn(C)c2)c1. The maximum absolute atomic E-state index is 12.4. The maximum Gasteiger partial charge on any atom is 0.255 e. The Morgan fingerprint density at radius 2 is 2.25 bits per heavy atom. The average molecular weight is 310 g/mol. The summed E-state index contributed by atoms with van der Waals surface area (Å²) in [5.41, 5.74) is 1.52. The monoisotopic (exact) mass is 309 g/mol. The van der Waals surface area contributed by atoms with Gasteiger partial charge in [0.15, 0.2) is 0 Å². The van der Waals surface area contributed by atoms with Crippen molar-refractivity contribution < 1.29 is 4.79 Å². The fraction of sp³-hybridized carbons (Fsp3) is 0.286. The van der Waals surface area contributed by atoms with Gasteiger partial charge in [-0.05, 0) is 24.5 Å². The Morgan fingerprint density at radius 3 is 2.85 bits per heavy atom. The molecule has 0 spiro atoms. The molecule has 0 radical (unpaired) electrons. The lowest BCUT2D eigenvalue weighted by Gasteiger charge is -2.17. The molecule has 0 unspecified atom stereocenters. The minimum absolute atomic E-state index is 0.0882. The number of carbonyl (C=O) groups is 1. The third-order valence-corrected chi connectivity index (χ3v) is 3.98. The van der Waals surface area contributed by atoms with Crippen molar-refractivity contribution in [2.75, 3.05) is 13.3 Å². The van der Waals surface area contributed by atoms with Crippen LogP contribution in [0.25, 0.3) is 0 Å². The Labute approximate surface area is 127 Å². The van der Waals surface area contributed by atoms with E-state index in [1.54, 1.807) is 40.7 Å². The molecule has 0 atom stereocenters. The van der Waals surface area contributed by atoms with Gasteiger partial charge < -0.3 is 4.90 Å². The molecule has 0 aliphatic carbocycles. The lowest BCUT2D eigenvalue weighted by Crippen LogP contribution is -2.26. The van der Waals surface area contributed by atoms with E-state index >= 15 is 0 Å². The van der Waals surface area contributed by atoms with Crippen molar-refractivity contribution in [1.29, 1.82) is 0 Å². The summed E-state index contributed by atoms with van der Waals surface area (Å²) in [6.07, 6.45) is 5.62. The van der Waals surface area contributed by atoms with Gasteiger partial charge in [-0.25, -0.2) is 0 Å². The summed E-state index contributed by atoms with van der Waals surface area (Å²) in [5.74, 6) is -0.0882. The summed E-state index contributed by atoms with van der Waals surface area (Å²) in [6, 6.07) is 5.50. The highest BCUT2D eigenvalue weighted by Gasteiger charge is 2.16. The van der Waals surface area contributed by atoms with Crippen LogP contribution in [-0.4, -0.2) is 33.9 Å². The summed E-state index contributed by atoms with van der Waals surface area (Å²) in [5, 5.41) is 4.57. The van der Waals surface area contributed by atoms with Gasteiger partial charge in [-0.2, -0.15) is 5.10 Å². The zero-order valence-corrected chi connectivity index (χ0v) is 13.2. The first kappa shape index (κ1) is 14.9. The second kappa shape index (κ2) is 6.33. The molecule has 0 aliphatic rings. The van der Waals surface area contributed by atoms with Crippen LogP contribution < -0.4 is 0 Å². The Bertz CT molecular complexity index is 627. The van der Waals surface area contributed by atoms with Crippen LogP contribution in [0.5, 0.6) is 0 Å². The molecule has 20 heavy (non-hydrogen) atoms. The Hall–Kier alpha value is -1.46. The topological polar surface area (TPSA) is 38.1 Å². The van der Waals surface area contributed by atoms with Crippen molar-refractivity contribution in [3.05, 3.63) is 46.7 Å². The van der Waals surface area contributed by atoms with Gasteiger partial charge in [0.25, 0.3) is 5.91 Å². The highest BCUT2D eigenvalue weighted by Crippen LogP contribution is 2.24. The molecular weight excluding hydrogens is 294 g/mol. The molecule has 0 N–H and O–H groups in total. The number of amides is 1. The molecular formula is C14H16ClN3OS.